The first-order chi connectivity index (χ1) is 10.5. The third-order valence-corrected chi connectivity index (χ3v) is 3.26. The molecule has 1 aliphatic heterocycles. The molecule has 1 heterocycles. The van der Waals surface area contributed by atoms with E-state index < -0.39 is 17.9 Å². The Kier molecular flexibility index (Phi) is 5.16. The van der Waals surface area contributed by atoms with E-state index in [-0.39, 0.29) is 12.3 Å². The van der Waals surface area contributed by atoms with Crippen LogP contribution in [-0.2, 0) is 14.3 Å². The molecule has 1 aliphatic rings. The van der Waals surface area contributed by atoms with Gasteiger partial charge in [-0.25, -0.2) is 9.59 Å². The zero-order chi connectivity index (χ0) is 16.1. The smallest absolute Gasteiger partial charge is 0.344 e. The summed E-state index contributed by atoms with van der Waals surface area (Å²) in [5.41, 5.74) is 0.847. The van der Waals surface area contributed by atoms with Crippen LogP contribution >= 0.6 is 15.9 Å². The normalized spacial score (nSPS) is 15.5. The van der Waals surface area contributed by atoms with Crippen LogP contribution in [0.1, 0.15) is 12.5 Å². The van der Waals surface area contributed by atoms with Gasteiger partial charge in [-0.3, -0.25) is 10.1 Å². The Morgan fingerprint density at radius 2 is 2.09 bits per heavy atom. The molecular formula is C14H13BrN2O5. The lowest BCUT2D eigenvalue weighted by Gasteiger charge is -2.08. The van der Waals surface area contributed by atoms with Crippen molar-refractivity contribution in [2.45, 2.75) is 6.92 Å². The molecule has 2 N–H and O–H groups in total. The number of urea groups is 1. The van der Waals surface area contributed by atoms with Crippen LogP contribution in [0.5, 0.6) is 5.75 Å². The number of esters is 1. The van der Waals surface area contributed by atoms with Crippen molar-refractivity contribution in [1.82, 2.24) is 10.6 Å². The van der Waals surface area contributed by atoms with Crippen molar-refractivity contribution in [1.29, 1.82) is 0 Å². The highest BCUT2D eigenvalue weighted by Gasteiger charge is 2.22. The number of halogens is 1. The number of rotatable bonds is 5. The number of benzene rings is 1. The van der Waals surface area contributed by atoms with Crippen LogP contribution in [0.3, 0.4) is 0 Å². The van der Waals surface area contributed by atoms with E-state index in [0.29, 0.717) is 22.4 Å². The molecule has 0 aromatic heterocycles. The molecule has 0 bridgehead atoms. The molecule has 0 aliphatic carbocycles. The van der Waals surface area contributed by atoms with Crippen molar-refractivity contribution in [3.63, 3.8) is 0 Å². The van der Waals surface area contributed by atoms with Gasteiger partial charge < -0.3 is 14.8 Å². The minimum absolute atomic E-state index is 0.164. The predicted molar refractivity (Wildman–Crippen MR) is 80.9 cm³/mol. The molecule has 0 saturated carbocycles. The van der Waals surface area contributed by atoms with Gasteiger partial charge in [-0.05, 0) is 46.6 Å². The molecule has 2 rings (SSSR count). The maximum Gasteiger partial charge on any atom is 0.344 e. The van der Waals surface area contributed by atoms with Gasteiger partial charge in [-0.15, -0.1) is 0 Å². The SMILES string of the molecule is CCOC(=O)COc1ccc(/C=C2/NC(=O)NC2=O)cc1Br. The number of ether oxygens (including phenoxy) is 2. The van der Waals surface area contributed by atoms with Gasteiger partial charge in [-0.1, -0.05) is 6.07 Å². The van der Waals surface area contributed by atoms with Crippen LogP contribution in [0.4, 0.5) is 4.79 Å². The number of amides is 3. The molecule has 116 valence electrons. The molecule has 7 nitrogen and oxygen atoms in total. The van der Waals surface area contributed by atoms with Crippen LogP contribution in [-0.4, -0.2) is 31.1 Å². The van der Waals surface area contributed by atoms with E-state index in [1.54, 1.807) is 25.1 Å². The topological polar surface area (TPSA) is 93.7 Å². The summed E-state index contributed by atoms with van der Waals surface area (Å²) in [6.07, 6.45) is 1.53. The second kappa shape index (κ2) is 7.08. The molecule has 0 atom stereocenters. The Morgan fingerprint density at radius 3 is 2.68 bits per heavy atom. The summed E-state index contributed by atoms with van der Waals surface area (Å²) in [6, 6.07) is 4.48. The van der Waals surface area contributed by atoms with E-state index in [1.807, 2.05) is 0 Å². The Morgan fingerprint density at radius 1 is 1.32 bits per heavy atom. The summed E-state index contributed by atoms with van der Waals surface area (Å²) >= 11 is 3.32. The standard InChI is InChI=1S/C14H13BrN2O5/c1-2-21-12(18)7-22-11-4-3-8(5-9(11)15)6-10-13(19)17-14(20)16-10/h3-6H,2,7H2,1H3,(H2,16,17,19,20)/b10-6+. The van der Waals surface area contributed by atoms with E-state index in [9.17, 15) is 14.4 Å². The van der Waals surface area contributed by atoms with Crippen LogP contribution < -0.4 is 15.4 Å². The van der Waals surface area contributed by atoms with Gasteiger partial charge in [0, 0.05) is 0 Å². The van der Waals surface area contributed by atoms with Gasteiger partial charge >= 0.3 is 12.0 Å². The van der Waals surface area contributed by atoms with E-state index in [1.165, 1.54) is 6.08 Å². The van der Waals surface area contributed by atoms with Gasteiger partial charge in [0.1, 0.15) is 11.4 Å². The molecule has 0 unspecified atom stereocenters. The highest BCUT2D eigenvalue weighted by Crippen LogP contribution is 2.27. The van der Waals surface area contributed by atoms with Gasteiger partial charge in [0.05, 0.1) is 11.1 Å². The van der Waals surface area contributed by atoms with Gasteiger partial charge in [0.2, 0.25) is 0 Å². The summed E-state index contributed by atoms with van der Waals surface area (Å²) in [5, 5.41) is 4.51. The lowest BCUT2D eigenvalue weighted by atomic mass is 10.2. The Bertz CT molecular complexity index is 657. The number of carbonyl (C=O) groups is 3. The third-order valence-electron chi connectivity index (χ3n) is 2.64. The van der Waals surface area contributed by atoms with Crippen molar-refractivity contribution in [3.8, 4) is 5.75 Å². The number of imide groups is 1. The molecule has 1 aromatic carbocycles. The lowest BCUT2D eigenvalue weighted by molar-refractivity contribution is -0.145. The van der Waals surface area contributed by atoms with Gasteiger partial charge in [0.15, 0.2) is 6.61 Å². The number of hydrogen-bond acceptors (Lipinski definition) is 5. The Balaban J connectivity index is 2.06. The van der Waals surface area contributed by atoms with Crippen molar-refractivity contribution in [2.24, 2.45) is 0 Å². The van der Waals surface area contributed by atoms with E-state index >= 15 is 0 Å². The molecule has 0 spiro atoms. The minimum atomic E-state index is -0.551. The maximum atomic E-state index is 11.4. The van der Waals surface area contributed by atoms with E-state index in [2.05, 4.69) is 26.6 Å². The highest BCUT2D eigenvalue weighted by atomic mass is 79.9. The fourth-order valence-corrected chi connectivity index (χ4v) is 2.22. The average molecular weight is 369 g/mol. The molecule has 0 radical (unpaired) electrons. The Hall–Kier alpha value is -2.35. The van der Waals surface area contributed by atoms with Crippen molar-refractivity contribution in [3.05, 3.63) is 33.9 Å². The summed E-state index contributed by atoms with van der Waals surface area (Å²) in [6.45, 7) is 1.82. The molecule has 8 heteroatoms. The molecule has 1 saturated heterocycles. The molecule has 1 fully saturated rings. The summed E-state index contributed by atoms with van der Waals surface area (Å²) in [5.74, 6) is -0.468. The van der Waals surface area contributed by atoms with Gasteiger partial charge in [-0.2, -0.15) is 0 Å². The molecule has 22 heavy (non-hydrogen) atoms. The lowest BCUT2D eigenvalue weighted by Crippen LogP contribution is -2.22. The highest BCUT2D eigenvalue weighted by molar-refractivity contribution is 9.10. The fraction of sp³-hybridized carbons (Fsp3) is 0.214. The number of hydrogen-bond donors (Lipinski definition) is 2. The second-order valence-electron chi connectivity index (χ2n) is 4.25. The van der Waals surface area contributed by atoms with Gasteiger partial charge in [0.25, 0.3) is 5.91 Å². The summed E-state index contributed by atoms with van der Waals surface area (Å²) in [7, 11) is 0. The van der Waals surface area contributed by atoms with E-state index in [4.69, 9.17) is 9.47 Å². The van der Waals surface area contributed by atoms with Crippen LogP contribution in [0.25, 0.3) is 6.08 Å². The first kappa shape index (κ1) is 16.0. The largest absolute Gasteiger partial charge is 0.481 e. The van der Waals surface area contributed by atoms with Crippen molar-refractivity contribution < 1.29 is 23.9 Å². The zero-order valence-electron chi connectivity index (χ0n) is 11.6. The number of carbonyl (C=O) groups excluding carboxylic acids is 3. The molecule has 1 aromatic rings. The first-order valence-corrected chi connectivity index (χ1v) is 7.21. The average Bonchev–Trinajstić information content (AvgIpc) is 2.76. The third kappa shape index (κ3) is 4.08. The summed E-state index contributed by atoms with van der Waals surface area (Å²) < 4.78 is 10.7. The number of nitrogens with one attached hydrogen (secondary N) is 2. The minimum Gasteiger partial charge on any atom is -0.481 e. The van der Waals surface area contributed by atoms with Crippen molar-refractivity contribution >= 4 is 39.9 Å². The first-order valence-electron chi connectivity index (χ1n) is 6.41. The maximum absolute atomic E-state index is 11.4. The zero-order valence-corrected chi connectivity index (χ0v) is 13.2. The second-order valence-corrected chi connectivity index (χ2v) is 5.10. The fourth-order valence-electron chi connectivity index (χ4n) is 1.71. The Labute approximate surface area is 134 Å². The molecular weight excluding hydrogens is 356 g/mol. The predicted octanol–water partition coefficient (Wildman–Crippen LogP) is 1.57. The molecule has 3 amide bonds. The quantitative estimate of drug-likeness (QED) is 0.467. The van der Waals surface area contributed by atoms with Crippen molar-refractivity contribution in [2.75, 3.05) is 13.2 Å². The van der Waals surface area contributed by atoms with Crippen LogP contribution in [0, 0.1) is 0 Å². The van der Waals surface area contributed by atoms with Crippen LogP contribution in [0.2, 0.25) is 0 Å². The van der Waals surface area contributed by atoms with E-state index in [0.717, 1.165) is 0 Å². The summed E-state index contributed by atoms with van der Waals surface area (Å²) in [4.78, 5) is 33.7. The monoisotopic (exact) mass is 368 g/mol. The van der Waals surface area contributed by atoms with Crippen LogP contribution in [0.15, 0.2) is 28.4 Å².